The zero-order chi connectivity index (χ0) is 9.84. The number of nitrogens with zero attached hydrogens (tertiary/aromatic N) is 2. The fourth-order valence-corrected chi connectivity index (χ4v) is 1.43. The van der Waals surface area contributed by atoms with E-state index in [1.165, 1.54) is 0 Å². The molecule has 0 spiro atoms. The number of hydrogen-bond acceptors (Lipinski definition) is 2. The van der Waals surface area contributed by atoms with Gasteiger partial charge in [-0.1, -0.05) is 13.8 Å². The van der Waals surface area contributed by atoms with E-state index in [9.17, 15) is 0 Å². The third-order valence-electron chi connectivity index (χ3n) is 2.32. The lowest BCUT2D eigenvalue weighted by Gasteiger charge is -2.14. The van der Waals surface area contributed by atoms with Crippen LogP contribution in [0.1, 0.15) is 32.4 Å². The van der Waals surface area contributed by atoms with Crippen LogP contribution in [0.15, 0.2) is 6.20 Å². The van der Waals surface area contributed by atoms with Crippen LogP contribution >= 0.6 is 0 Å². The number of rotatable bonds is 4. The third kappa shape index (κ3) is 2.47. The molecule has 0 radical (unpaired) electrons. The molecule has 0 atom stereocenters. The molecule has 1 rings (SSSR count). The maximum atomic E-state index is 4.40. The topological polar surface area (TPSA) is 29.9 Å². The average molecular weight is 181 g/mol. The molecule has 0 aliphatic rings. The monoisotopic (exact) mass is 181 g/mol. The van der Waals surface area contributed by atoms with E-state index in [-0.39, 0.29) is 0 Å². The maximum Gasteiger partial charge on any atom is 0.202 e. The summed E-state index contributed by atoms with van der Waals surface area (Å²) < 4.78 is 2.04. The first-order chi connectivity index (χ1) is 6.17. The van der Waals surface area contributed by atoms with Gasteiger partial charge >= 0.3 is 0 Å². The molecule has 0 aromatic carbocycles. The van der Waals surface area contributed by atoms with Crippen LogP contribution in [0.4, 0.5) is 5.95 Å². The Morgan fingerprint density at radius 3 is 2.46 bits per heavy atom. The molecule has 3 nitrogen and oxygen atoms in total. The Morgan fingerprint density at radius 1 is 1.46 bits per heavy atom. The molecule has 0 unspecified atom stereocenters. The number of imidazole rings is 1. The molecule has 0 saturated carbocycles. The Morgan fingerprint density at radius 2 is 2.08 bits per heavy atom. The molecular formula is C10H19N3. The van der Waals surface area contributed by atoms with Gasteiger partial charge in [-0.15, -0.1) is 0 Å². The van der Waals surface area contributed by atoms with Crippen molar-refractivity contribution in [1.82, 2.24) is 9.55 Å². The van der Waals surface area contributed by atoms with Crippen molar-refractivity contribution in [2.45, 2.75) is 39.7 Å². The van der Waals surface area contributed by atoms with E-state index >= 15 is 0 Å². The van der Waals surface area contributed by atoms with Gasteiger partial charge < -0.3 is 9.88 Å². The van der Waals surface area contributed by atoms with Gasteiger partial charge in [0.05, 0.1) is 5.69 Å². The molecule has 0 bridgehead atoms. The first-order valence-corrected chi connectivity index (χ1v) is 4.93. The van der Waals surface area contributed by atoms with Crippen LogP contribution in [-0.2, 0) is 7.05 Å². The van der Waals surface area contributed by atoms with Crippen LogP contribution in [0.2, 0.25) is 0 Å². The summed E-state index contributed by atoms with van der Waals surface area (Å²) >= 11 is 0. The highest BCUT2D eigenvalue weighted by molar-refractivity contribution is 5.29. The molecule has 1 heterocycles. The zero-order valence-electron chi connectivity index (χ0n) is 8.96. The second-order valence-corrected chi connectivity index (χ2v) is 3.47. The first kappa shape index (κ1) is 10.1. The minimum atomic E-state index is 0.542. The molecule has 0 saturated heterocycles. The fraction of sp³-hybridized carbons (Fsp3) is 0.700. The van der Waals surface area contributed by atoms with E-state index in [1.54, 1.807) is 0 Å². The second kappa shape index (κ2) is 4.30. The van der Waals surface area contributed by atoms with Crippen molar-refractivity contribution in [3.8, 4) is 0 Å². The number of aryl methyl sites for hydroxylation is 2. The molecule has 13 heavy (non-hydrogen) atoms. The summed E-state index contributed by atoms with van der Waals surface area (Å²) in [5, 5.41) is 3.42. The van der Waals surface area contributed by atoms with Gasteiger partial charge in [-0.2, -0.15) is 0 Å². The van der Waals surface area contributed by atoms with Crippen molar-refractivity contribution in [2.75, 3.05) is 5.32 Å². The highest BCUT2D eigenvalue weighted by Gasteiger charge is 2.06. The van der Waals surface area contributed by atoms with Gasteiger partial charge in [0.1, 0.15) is 0 Å². The number of aromatic nitrogens is 2. The van der Waals surface area contributed by atoms with Crippen LogP contribution in [0.25, 0.3) is 0 Å². The van der Waals surface area contributed by atoms with Crippen molar-refractivity contribution in [3.05, 3.63) is 11.9 Å². The minimum Gasteiger partial charge on any atom is -0.353 e. The van der Waals surface area contributed by atoms with E-state index in [1.807, 2.05) is 24.7 Å². The predicted octanol–water partition coefficient (Wildman–Crippen LogP) is 2.33. The van der Waals surface area contributed by atoms with Crippen LogP contribution in [0.3, 0.4) is 0 Å². The number of anilines is 1. The fourth-order valence-electron chi connectivity index (χ4n) is 1.43. The molecule has 0 aliphatic carbocycles. The van der Waals surface area contributed by atoms with Crippen LogP contribution in [-0.4, -0.2) is 15.6 Å². The van der Waals surface area contributed by atoms with E-state index in [0.29, 0.717) is 6.04 Å². The van der Waals surface area contributed by atoms with Gasteiger partial charge in [0, 0.05) is 19.3 Å². The third-order valence-corrected chi connectivity index (χ3v) is 2.32. The van der Waals surface area contributed by atoms with Crippen molar-refractivity contribution in [3.63, 3.8) is 0 Å². The Kier molecular flexibility index (Phi) is 3.34. The summed E-state index contributed by atoms with van der Waals surface area (Å²) in [6, 6.07) is 0.542. The molecule has 0 aliphatic heterocycles. The lowest BCUT2D eigenvalue weighted by atomic mass is 10.2. The molecule has 0 amide bonds. The van der Waals surface area contributed by atoms with Crippen molar-refractivity contribution >= 4 is 5.95 Å². The molecule has 1 N–H and O–H groups in total. The second-order valence-electron chi connectivity index (χ2n) is 3.47. The van der Waals surface area contributed by atoms with Gasteiger partial charge in [-0.3, -0.25) is 0 Å². The van der Waals surface area contributed by atoms with Crippen LogP contribution < -0.4 is 5.32 Å². The summed E-state index contributed by atoms with van der Waals surface area (Å²) in [5.41, 5.74) is 1.07. The normalized spacial score (nSPS) is 10.8. The van der Waals surface area contributed by atoms with Gasteiger partial charge in [0.25, 0.3) is 0 Å². The molecule has 74 valence electrons. The summed E-state index contributed by atoms with van der Waals surface area (Å²) in [6.07, 6.45) is 4.32. The molecule has 1 aromatic rings. The van der Waals surface area contributed by atoms with Gasteiger partial charge in [0.2, 0.25) is 5.95 Å². The Balaban J connectivity index is 2.67. The van der Waals surface area contributed by atoms with E-state index in [4.69, 9.17) is 0 Å². The first-order valence-electron chi connectivity index (χ1n) is 4.93. The smallest absolute Gasteiger partial charge is 0.202 e. The summed E-state index contributed by atoms with van der Waals surface area (Å²) in [7, 11) is 2.02. The molecule has 0 fully saturated rings. The van der Waals surface area contributed by atoms with Crippen molar-refractivity contribution < 1.29 is 0 Å². The quantitative estimate of drug-likeness (QED) is 0.772. The SMILES string of the molecule is CCC(CC)Nc1nc(C)cn1C. The Labute approximate surface area is 80.2 Å². The van der Waals surface area contributed by atoms with Crippen LogP contribution in [0, 0.1) is 6.92 Å². The highest BCUT2D eigenvalue weighted by Crippen LogP contribution is 2.10. The lowest BCUT2D eigenvalue weighted by molar-refractivity contribution is 0.658. The van der Waals surface area contributed by atoms with E-state index in [0.717, 1.165) is 24.5 Å². The highest BCUT2D eigenvalue weighted by atomic mass is 15.2. The van der Waals surface area contributed by atoms with E-state index in [2.05, 4.69) is 24.1 Å². The lowest BCUT2D eigenvalue weighted by Crippen LogP contribution is -2.19. The minimum absolute atomic E-state index is 0.542. The zero-order valence-corrected chi connectivity index (χ0v) is 8.96. The summed E-state index contributed by atoms with van der Waals surface area (Å²) in [5.74, 6) is 0.978. The van der Waals surface area contributed by atoms with Gasteiger partial charge in [0.15, 0.2) is 0 Å². The standard InChI is InChI=1S/C10H19N3/c1-5-9(6-2)12-10-11-8(3)7-13(10)4/h7,9H,5-6H2,1-4H3,(H,11,12). The summed E-state index contributed by atoms with van der Waals surface area (Å²) in [4.78, 5) is 4.40. The predicted molar refractivity (Wildman–Crippen MR) is 55.9 cm³/mol. The van der Waals surface area contributed by atoms with Crippen molar-refractivity contribution in [2.24, 2.45) is 7.05 Å². The van der Waals surface area contributed by atoms with Crippen molar-refractivity contribution in [1.29, 1.82) is 0 Å². The number of nitrogens with one attached hydrogen (secondary N) is 1. The number of hydrogen-bond donors (Lipinski definition) is 1. The largest absolute Gasteiger partial charge is 0.353 e. The average Bonchev–Trinajstić information content (AvgIpc) is 2.41. The molecule has 1 aromatic heterocycles. The summed E-state index contributed by atoms with van der Waals surface area (Å²) in [6.45, 7) is 6.39. The Hall–Kier alpha value is -0.990. The van der Waals surface area contributed by atoms with Crippen LogP contribution in [0.5, 0.6) is 0 Å². The van der Waals surface area contributed by atoms with Gasteiger partial charge in [-0.25, -0.2) is 4.98 Å². The molecule has 3 heteroatoms. The van der Waals surface area contributed by atoms with Gasteiger partial charge in [-0.05, 0) is 19.8 Å². The molecular weight excluding hydrogens is 162 g/mol. The van der Waals surface area contributed by atoms with E-state index < -0.39 is 0 Å². The maximum absolute atomic E-state index is 4.40. The Bertz CT molecular complexity index is 261.